The van der Waals surface area contributed by atoms with E-state index in [0.717, 1.165) is 36.4 Å². The summed E-state index contributed by atoms with van der Waals surface area (Å²) in [5.41, 5.74) is 1.73. The number of hydrogen-bond donors (Lipinski definition) is 1. The number of nitrogens with one attached hydrogen (secondary N) is 1. The lowest BCUT2D eigenvalue weighted by atomic mass is 9.83. The molecule has 0 saturated heterocycles. The maximum Gasteiger partial charge on any atom is 0.169 e. The fourth-order valence-corrected chi connectivity index (χ4v) is 2.95. The van der Waals surface area contributed by atoms with Gasteiger partial charge in [0.15, 0.2) is 11.5 Å². The third-order valence-corrected chi connectivity index (χ3v) is 3.92. The van der Waals surface area contributed by atoms with Gasteiger partial charge < -0.3 is 10.1 Å². The molecule has 3 nitrogen and oxygen atoms in total. The topological polar surface area (TPSA) is 38.3 Å². The molecular formula is C15H19NO2. The highest BCUT2D eigenvalue weighted by Crippen LogP contribution is 2.35. The summed E-state index contributed by atoms with van der Waals surface area (Å²) in [5.74, 6) is 1.24. The van der Waals surface area contributed by atoms with Gasteiger partial charge in [0, 0.05) is 12.5 Å². The fraction of sp³-hybridized carbons (Fsp3) is 0.533. The summed E-state index contributed by atoms with van der Waals surface area (Å²) in [4.78, 5) is 12.6. The number of carbonyl (C=O) groups is 1. The lowest BCUT2D eigenvalue weighted by Crippen LogP contribution is -2.23. The van der Waals surface area contributed by atoms with Crippen molar-refractivity contribution in [1.82, 2.24) is 0 Å². The molecule has 0 atom stereocenters. The van der Waals surface area contributed by atoms with Crippen LogP contribution in [0.3, 0.4) is 0 Å². The summed E-state index contributed by atoms with van der Waals surface area (Å²) >= 11 is 0. The van der Waals surface area contributed by atoms with Crippen LogP contribution in [-0.2, 0) is 0 Å². The smallest absolute Gasteiger partial charge is 0.169 e. The molecule has 0 radical (unpaired) electrons. The van der Waals surface area contributed by atoms with Crippen LogP contribution in [0.1, 0.15) is 42.5 Å². The molecule has 0 aromatic heterocycles. The number of ether oxygens (including phenoxy) is 1. The van der Waals surface area contributed by atoms with Crippen molar-refractivity contribution in [2.75, 3.05) is 18.5 Å². The van der Waals surface area contributed by atoms with Crippen molar-refractivity contribution >= 4 is 11.5 Å². The molecule has 0 amide bonds. The van der Waals surface area contributed by atoms with Gasteiger partial charge in [-0.25, -0.2) is 0 Å². The van der Waals surface area contributed by atoms with E-state index in [0.29, 0.717) is 6.61 Å². The summed E-state index contributed by atoms with van der Waals surface area (Å²) in [7, 11) is 0. The number of fused-ring (bicyclic) bond motifs is 1. The molecule has 0 bridgehead atoms. The Labute approximate surface area is 108 Å². The first kappa shape index (κ1) is 11.6. The molecule has 3 heteroatoms. The number of anilines is 1. The average molecular weight is 245 g/mol. The van der Waals surface area contributed by atoms with Gasteiger partial charge in [-0.3, -0.25) is 4.79 Å². The van der Waals surface area contributed by atoms with Gasteiger partial charge in [0.05, 0.1) is 11.3 Å². The van der Waals surface area contributed by atoms with Crippen molar-refractivity contribution in [3.63, 3.8) is 0 Å². The molecule has 2 aliphatic rings. The van der Waals surface area contributed by atoms with E-state index in [1.807, 2.05) is 18.2 Å². The van der Waals surface area contributed by atoms with E-state index < -0.39 is 0 Å². The first-order valence-electron chi connectivity index (χ1n) is 6.90. The number of benzene rings is 1. The van der Waals surface area contributed by atoms with Crippen molar-refractivity contribution in [3.8, 4) is 5.75 Å². The van der Waals surface area contributed by atoms with E-state index in [2.05, 4.69) is 5.32 Å². The van der Waals surface area contributed by atoms with Crippen LogP contribution in [0.4, 0.5) is 5.69 Å². The number of rotatable bonds is 2. The minimum atomic E-state index is 0.204. The van der Waals surface area contributed by atoms with Gasteiger partial charge >= 0.3 is 0 Å². The zero-order chi connectivity index (χ0) is 12.4. The number of hydrogen-bond acceptors (Lipinski definition) is 3. The number of Topliss-reactive ketones (excluding diaryl/α,β-unsaturated/α-hetero) is 1. The molecule has 1 aliphatic heterocycles. The van der Waals surface area contributed by atoms with Crippen LogP contribution in [0.2, 0.25) is 0 Å². The van der Waals surface area contributed by atoms with Crippen LogP contribution in [0.15, 0.2) is 18.2 Å². The highest BCUT2D eigenvalue weighted by Gasteiger charge is 2.26. The van der Waals surface area contributed by atoms with Crippen LogP contribution in [-0.4, -0.2) is 18.9 Å². The van der Waals surface area contributed by atoms with Gasteiger partial charge in [-0.15, -0.1) is 0 Å². The van der Waals surface area contributed by atoms with E-state index >= 15 is 0 Å². The zero-order valence-corrected chi connectivity index (χ0v) is 10.6. The molecule has 1 N–H and O–H groups in total. The second kappa shape index (κ2) is 5.01. The molecule has 1 aromatic carbocycles. The van der Waals surface area contributed by atoms with Gasteiger partial charge in [0.1, 0.15) is 6.61 Å². The first-order chi connectivity index (χ1) is 8.86. The van der Waals surface area contributed by atoms with Gasteiger partial charge in [0.2, 0.25) is 0 Å². The number of ketones is 1. The third kappa shape index (κ3) is 2.09. The molecule has 3 rings (SSSR count). The maximum absolute atomic E-state index is 12.6. The Hall–Kier alpha value is -1.51. The predicted molar refractivity (Wildman–Crippen MR) is 71.3 cm³/mol. The summed E-state index contributed by atoms with van der Waals surface area (Å²) < 4.78 is 5.68. The van der Waals surface area contributed by atoms with Crippen LogP contribution in [0.25, 0.3) is 0 Å². The molecule has 1 aliphatic carbocycles. The van der Waals surface area contributed by atoms with Gasteiger partial charge in [-0.2, -0.15) is 0 Å². The second-order valence-electron chi connectivity index (χ2n) is 5.16. The lowest BCUT2D eigenvalue weighted by Gasteiger charge is -2.24. The standard InChI is InChI=1S/C15H19NO2/c17-14(11-5-2-1-3-6-11)12-7-4-8-13-15(12)18-10-9-16-13/h4,7-8,11,16H,1-3,5-6,9-10H2. The molecule has 1 saturated carbocycles. The third-order valence-electron chi connectivity index (χ3n) is 3.92. The Kier molecular flexibility index (Phi) is 3.22. The Morgan fingerprint density at radius 2 is 2.06 bits per heavy atom. The average Bonchev–Trinajstić information content (AvgIpc) is 2.47. The quantitative estimate of drug-likeness (QED) is 0.813. The molecule has 0 spiro atoms. The van der Waals surface area contributed by atoms with E-state index in [1.54, 1.807) is 0 Å². The first-order valence-corrected chi connectivity index (χ1v) is 6.90. The minimum absolute atomic E-state index is 0.204. The van der Waals surface area contributed by atoms with Gasteiger partial charge in [-0.1, -0.05) is 25.3 Å². The monoisotopic (exact) mass is 245 g/mol. The van der Waals surface area contributed by atoms with Crippen LogP contribution < -0.4 is 10.1 Å². The Morgan fingerprint density at radius 3 is 2.89 bits per heavy atom. The largest absolute Gasteiger partial charge is 0.489 e. The fourth-order valence-electron chi connectivity index (χ4n) is 2.95. The second-order valence-corrected chi connectivity index (χ2v) is 5.16. The summed E-state index contributed by atoms with van der Waals surface area (Å²) in [5, 5.41) is 3.28. The van der Waals surface area contributed by atoms with E-state index in [-0.39, 0.29) is 11.7 Å². The predicted octanol–water partition coefficient (Wildman–Crippen LogP) is 3.25. The lowest BCUT2D eigenvalue weighted by molar-refractivity contribution is 0.0885. The molecule has 1 heterocycles. The summed E-state index contributed by atoms with van der Waals surface area (Å²) in [6.07, 6.45) is 5.72. The van der Waals surface area contributed by atoms with Gasteiger partial charge in [-0.05, 0) is 25.0 Å². The summed E-state index contributed by atoms with van der Waals surface area (Å²) in [6, 6.07) is 5.82. The Morgan fingerprint density at radius 1 is 1.22 bits per heavy atom. The molecule has 1 aromatic rings. The Balaban J connectivity index is 1.89. The van der Waals surface area contributed by atoms with Crippen molar-refractivity contribution in [1.29, 1.82) is 0 Å². The highest BCUT2D eigenvalue weighted by molar-refractivity contribution is 6.02. The number of carbonyl (C=O) groups excluding carboxylic acids is 1. The van der Waals surface area contributed by atoms with Crippen LogP contribution in [0.5, 0.6) is 5.75 Å². The van der Waals surface area contributed by atoms with Crippen LogP contribution >= 0.6 is 0 Å². The van der Waals surface area contributed by atoms with E-state index in [1.165, 1.54) is 19.3 Å². The molecular weight excluding hydrogens is 226 g/mol. The molecule has 1 fully saturated rings. The van der Waals surface area contributed by atoms with Crippen molar-refractivity contribution in [2.24, 2.45) is 5.92 Å². The van der Waals surface area contributed by atoms with Gasteiger partial charge in [0.25, 0.3) is 0 Å². The summed E-state index contributed by atoms with van der Waals surface area (Å²) in [6.45, 7) is 1.45. The molecule has 18 heavy (non-hydrogen) atoms. The maximum atomic E-state index is 12.6. The zero-order valence-electron chi connectivity index (χ0n) is 10.6. The Bertz CT molecular complexity index is 450. The van der Waals surface area contributed by atoms with Crippen molar-refractivity contribution in [3.05, 3.63) is 23.8 Å². The van der Waals surface area contributed by atoms with Crippen molar-refractivity contribution in [2.45, 2.75) is 32.1 Å². The van der Waals surface area contributed by atoms with Crippen molar-refractivity contribution < 1.29 is 9.53 Å². The SMILES string of the molecule is O=C(c1cccc2c1OCCN2)C1CCCCC1. The van der Waals surface area contributed by atoms with E-state index in [4.69, 9.17) is 4.74 Å². The highest BCUT2D eigenvalue weighted by atomic mass is 16.5. The van der Waals surface area contributed by atoms with E-state index in [9.17, 15) is 4.79 Å². The molecule has 0 unspecified atom stereocenters. The minimum Gasteiger partial charge on any atom is -0.489 e. The normalized spacial score (nSPS) is 19.6. The number of para-hydroxylation sites is 1. The van der Waals surface area contributed by atoms with Crippen LogP contribution in [0, 0.1) is 5.92 Å². The molecule has 96 valence electrons.